The van der Waals surface area contributed by atoms with E-state index in [1.807, 2.05) is 32.9 Å². The molecule has 2 aromatic carbocycles. The molecule has 1 heterocycles. The monoisotopic (exact) mass is 307 g/mol. The zero-order chi connectivity index (χ0) is 16.6. The van der Waals surface area contributed by atoms with Crippen LogP contribution in [0.4, 0.5) is 0 Å². The Labute approximate surface area is 133 Å². The molecule has 0 fully saturated rings. The minimum absolute atomic E-state index is 0.110. The van der Waals surface area contributed by atoms with Gasteiger partial charge in [0.05, 0.1) is 5.39 Å². The molecule has 0 aliphatic heterocycles. The number of hydrogen-bond donors (Lipinski definition) is 0. The van der Waals surface area contributed by atoms with Crippen molar-refractivity contribution in [1.29, 1.82) is 0 Å². The van der Waals surface area contributed by atoms with Crippen molar-refractivity contribution in [3.63, 3.8) is 0 Å². The maximum Gasteiger partial charge on any atom is 0.278 e. The van der Waals surface area contributed by atoms with Crippen LogP contribution in [0.2, 0.25) is 0 Å². The van der Waals surface area contributed by atoms with Crippen LogP contribution in [0.15, 0.2) is 41.2 Å². The lowest BCUT2D eigenvalue weighted by Gasteiger charge is -2.11. The molecule has 0 atom stereocenters. The summed E-state index contributed by atoms with van der Waals surface area (Å²) in [6.07, 6.45) is 0. The van der Waals surface area contributed by atoms with Crippen LogP contribution in [0, 0.1) is 20.8 Å². The number of ketones is 1. The third-order valence-corrected chi connectivity index (χ3v) is 3.88. The summed E-state index contributed by atoms with van der Waals surface area (Å²) < 4.78 is 1.13. The Morgan fingerprint density at radius 2 is 1.74 bits per heavy atom. The van der Waals surface area contributed by atoms with Crippen LogP contribution < -0.4 is 5.56 Å². The summed E-state index contributed by atoms with van der Waals surface area (Å²) in [6, 6.07) is 10.9. The van der Waals surface area contributed by atoms with Gasteiger partial charge in [-0.05, 0) is 44.0 Å². The highest BCUT2D eigenvalue weighted by molar-refractivity contribution is 5.98. The van der Waals surface area contributed by atoms with E-state index in [2.05, 4.69) is 10.3 Å². The maximum absolute atomic E-state index is 12.6. The molecule has 0 bridgehead atoms. The molecule has 0 aliphatic carbocycles. The minimum Gasteiger partial charge on any atom is -0.292 e. The molecule has 0 amide bonds. The number of fused-ring (bicyclic) bond motifs is 1. The van der Waals surface area contributed by atoms with Crippen LogP contribution >= 0.6 is 0 Å². The summed E-state index contributed by atoms with van der Waals surface area (Å²) in [4.78, 5) is 25.1. The van der Waals surface area contributed by atoms with Crippen LogP contribution in [0.25, 0.3) is 10.9 Å². The minimum atomic E-state index is -0.300. The fourth-order valence-electron chi connectivity index (χ4n) is 2.96. The van der Waals surface area contributed by atoms with Gasteiger partial charge in [0, 0.05) is 5.56 Å². The first-order valence-corrected chi connectivity index (χ1v) is 7.41. The van der Waals surface area contributed by atoms with E-state index in [1.54, 1.807) is 24.3 Å². The number of aromatic nitrogens is 3. The fraction of sp³-hybridized carbons (Fsp3) is 0.222. The van der Waals surface area contributed by atoms with Crippen LogP contribution in [-0.2, 0) is 6.54 Å². The fourth-order valence-corrected chi connectivity index (χ4v) is 2.96. The quantitative estimate of drug-likeness (QED) is 0.698. The molecule has 0 saturated carbocycles. The van der Waals surface area contributed by atoms with Gasteiger partial charge in [0.25, 0.3) is 5.56 Å². The van der Waals surface area contributed by atoms with Crippen molar-refractivity contribution in [3.05, 3.63) is 69.0 Å². The summed E-state index contributed by atoms with van der Waals surface area (Å²) in [5.74, 6) is -0.133. The Balaban J connectivity index is 2.01. The van der Waals surface area contributed by atoms with Gasteiger partial charge < -0.3 is 0 Å². The SMILES string of the molecule is Cc1cc(C)c(C(=O)Cn2nnc3ccccc3c2=O)c(C)c1. The van der Waals surface area contributed by atoms with E-state index in [4.69, 9.17) is 0 Å². The van der Waals surface area contributed by atoms with Gasteiger partial charge in [-0.25, -0.2) is 4.68 Å². The number of rotatable bonds is 3. The van der Waals surface area contributed by atoms with Crippen LogP contribution in [0.5, 0.6) is 0 Å². The number of aryl methyl sites for hydroxylation is 3. The molecule has 23 heavy (non-hydrogen) atoms. The molecule has 116 valence electrons. The summed E-state index contributed by atoms with van der Waals surface area (Å²) in [5.41, 5.74) is 3.82. The lowest BCUT2D eigenvalue weighted by Crippen LogP contribution is -2.28. The van der Waals surface area contributed by atoms with Gasteiger partial charge in [-0.3, -0.25) is 9.59 Å². The second kappa shape index (κ2) is 5.76. The number of hydrogen-bond acceptors (Lipinski definition) is 4. The van der Waals surface area contributed by atoms with Crippen molar-refractivity contribution in [2.24, 2.45) is 0 Å². The first kappa shape index (κ1) is 15.1. The van der Waals surface area contributed by atoms with Crippen LogP contribution in [-0.4, -0.2) is 20.8 Å². The summed E-state index contributed by atoms with van der Waals surface area (Å²) in [6.45, 7) is 5.69. The third-order valence-electron chi connectivity index (χ3n) is 3.88. The van der Waals surface area contributed by atoms with E-state index in [9.17, 15) is 9.59 Å². The Morgan fingerprint density at radius 1 is 1.09 bits per heavy atom. The zero-order valence-corrected chi connectivity index (χ0v) is 13.3. The molecule has 0 saturated heterocycles. The average Bonchev–Trinajstić information content (AvgIpc) is 2.49. The molecule has 5 heteroatoms. The molecular formula is C18H17N3O2. The molecule has 0 aliphatic rings. The van der Waals surface area contributed by atoms with E-state index in [0.29, 0.717) is 16.5 Å². The van der Waals surface area contributed by atoms with Crippen LogP contribution in [0.1, 0.15) is 27.0 Å². The van der Waals surface area contributed by atoms with E-state index >= 15 is 0 Å². The van der Waals surface area contributed by atoms with Crippen molar-refractivity contribution >= 4 is 16.7 Å². The molecule has 0 N–H and O–H groups in total. The molecule has 0 radical (unpaired) electrons. The smallest absolute Gasteiger partial charge is 0.278 e. The predicted molar refractivity (Wildman–Crippen MR) is 88.8 cm³/mol. The first-order chi connectivity index (χ1) is 11.0. The van der Waals surface area contributed by atoms with Gasteiger partial charge in [0.15, 0.2) is 5.78 Å². The van der Waals surface area contributed by atoms with Crippen molar-refractivity contribution in [1.82, 2.24) is 15.0 Å². The molecule has 3 aromatic rings. The molecule has 0 spiro atoms. The van der Waals surface area contributed by atoms with Crippen molar-refractivity contribution < 1.29 is 4.79 Å². The van der Waals surface area contributed by atoms with E-state index in [0.717, 1.165) is 21.4 Å². The molecule has 1 aromatic heterocycles. The summed E-state index contributed by atoms with van der Waals surface area (Å²) >= 11 is 0. The topological polar surface area (TPSA) is 64.8 Å². The second-order valence-electron chi connectivity index (χ2n) is 5.77. The highest BCUT2D eigenvalue weighted by atomic mass is 16.1. The van der Waals surface area contributed by atoms with Crippen molar-refractivity contribution in [3.8, 4) is 0 Å². The highest BCUT2D eigenvalue weighted by Crippen LogP contribution is 2.17. The highest BCUT2D eigenvalue weighted by Gasteiger charge is 2.15. The number of benzene rings is 2. The number of nitrogens with zero attached hydrogens (tertiary/aromatic N) is 3. The number of Topliss-reactive ketones (excluding diaryl/α,β-unsaturated/α-hetero) is 1. The van der Waals surface area contributed by atoms with Gasteiger partial charge in [0.1, 0.15) is 12.1 Å². The standard InChI is InChI=1S/C18H17N3O2/c1-11-8-12(2)17(13(3)9-11)16(22)10-21-18(23)14-6-4-5-7-15(14)19-20-21/h4-9H,10H2,1-3H3. The van der Waals surface area contributed by atoms with Crippen LogP contribution in [0.3, 0.4) is 0 Å². The van der Waals surface area contributed by atoms with Gasteiger partial charge >= 0.3 is 0 Å². The third kappa shape index (κ3) is 2.77. The largest absolute Gasteiger partial charge is 0.292 e. The Hall–Kier alpha value is -2.82. The van der Waals surface area contributed by atoms with Gasteiger partial charge in [-0.1, -0.05) is 35.0 Å². The molecule has 0 unspecified atom stereocenters. The molecule has 5 nitrogen and oxygen atoms in total. The number of carbonyl (C=O) groups excluding carboxylic acids is 1. The second-order valence-corrected chi connectivity index (χ2v) is 5.77. The Bertz CT molecular complexity index is 950. The Morgan fingerprint density at radius 3 is 2.43 bits per heavy atom. The lowest BCUT2D eigenvalue weighted by molar-refractivity contribution is 0.0963. The normalized spacial score (nSPS) is 10.9. The van der Waals surface area contributed by atoms with E-state index < -0.39 is 0 Å². The Kier molecular flexibility index (Phi) is 3.78. The van der Waals surface area contributed by atoms with E-state index in [1.165, 1.54) is 0 Å². The van der Waals surface area contributed by atoms with Gasteiger partial charge in [-0.15, -0.1) is 5.10 Å². The summed E-state index contributed by atoms with van der Waals surface area (Å²) in [7, 11) is 0. The zero-order valence-electron chi connectivity index (χ0n) is 13.3. The predicted octanol–water partition coefficient (Wildman–Crippen LogP) is 2.60. The average molecular weight is 307 g/mol. The van der Waals surface area contributed by atoms with Gasteiger partial charge in [-0.2, -0.15) is 0 Å². The maximum atomic E-state index is 12.6. The summed E-state index contributed by atoms with van der Waals surface area (Å²) in [5, 5.41) is 8.36. The molecular weight excluding hydrogens is 290 g/mol. The number of carbonyl (C=O) groups is 1. The van der Waals surface area contributed by atoms with Gasteiger partial charge in [0.2, 0.25) is 0 Å². The first-order valence-electron chi connectivity index (χ1n) is 7.41. The van der Waals surface area contributed by atoms with Crippen molar-refractivity contribution in [2.75, 3.05) is 0 Å². The molecule has 3 rings (SSSR count). The van der Waals surface area contributed by atoms with Crippen molar-refractivity contribution in [2.45, 2.75) is 27.3 Å². The van der Waals surface area contributed by atoms with E-state index in [-0.39, 0.29) is 17.9 Å². The lowest BCUT2D eigenvalue weighted by atomic mass is 9.96.